The Labute approximate surface area is 125 Å². The van der Waals surface area contributed by atoms with E-state index in [2.05, 4.69) is 27.3 Å². The third-order valence-electron chi connectivity index (χ3n) is 2.73. The van der Waals surface area contributed by atoms with E-state index in [1.165, 1.54) is 0 Å². The van der Waals surface area contributed by atoms with E-state index in [0.29, 0.717) is 22.0 Å². The number of hydrogen-bond donors (Lipinski definition) is 2. The number of nitrogen functional groups attached to an aromatic ring is 1. The Kier molecular flexibility index (Phi) is 3.98. The molecule has 0 saturated heterocycles. The summed E-state index contributed by atoms with van der Waals surface area (Å²) in [5.74, 6) is 0. The fourth-order valence-electron chi connectivity index (χ4n) is 1.66. The largest absolute Gasteiger partial charge is 0.398 e. The molecule has 5 heteroatoms. The second-order valence-electron chi connectivity index (χ2n) is 4.12. The van der Waals surface area contributed by atoms with E-state index in [4.69, 9.17) is 22.6 Å². The summed E-state index contributed by atoms with van der Waals surface area (Å²) in [7, 11) is 0. The summed E-state index contributed by atoms with van der Waals surface area (Å²) >= 11 is 9.40. The fraction of sp³-hybridized carbons (Fsp3) is 0.0714. The summed E-state index contributed by atoms with van der Waals surface area (Å²) in [5, 5.41) is 12.9. The Morgan fingerprint density at radius 1 is 1.26 bits per heavy atom. The normalized spacial score (nSPS) is 10.0. The summed E-state index contributed by atoms with van der Waals surface area (Å²) in [6.45, 7) is 1.93. The molecule has 96 valence electrons. The van der Waals surface area contributed by atoms with E-state index >= 15 is 0 Å². The fourth-order valence-corrected chi connectivity index (χ4v) is 2.29. The lowest BCUT2D eigenvalue weighted by molar-refractivity contribution is 1.42. The second kappa shape index (κ2) is 5.52. The predicted octanol–water partition coefficient (Wildman–Crippen LogP) is 4.61. The molecule has 0 atom stereocenters. The smallest absolute Gasteiger partial charge is 0.101 e. The highest BCUT2D eigenvalue weighted by atomic mass is 79.9. The first-order valence-electron chi connectivity index (χ1n) is 5.53. The Balaban J connectivity index is 2.45. The number of anilines is 3. The van der Waals surface area contributed by atoms with Gasteiger partial charge in [0.25, 0.3) is 0 Å². The van der Waals surface area contributed by atoms with Gasteiger partial charge in [0, 0.05) is 15.2 Å². The van der Waals surface area contributed by atoms with Crippen LogP contribution >= 0.6 is 27.5 Å². The molecule has 0 amide bonds. The van der Waals surface area contributed by atoms with Gasteiger partial charge < -0.3 is 11.1 Å². The summed E-state index contributed by atoms with van der Waals surface area (Å²) in [5.41, 5.74) is 9.55. The molecule has 0 spiro atoms. The van der Waals surface area contributed by atoms with Crippen molar-refractivity contribution < 1.29 is 0 Å². The van der Waals surface area contributed by atoms with Gasteiger partial charge in [0.05, 0.1) is 16.9 Å². The maximum Gasteiger partial charge on any atom is 0.101 e. The maximum atomic E-state index is 9.09. The standard InChI is InChI=1S/C14H11BrClN3/c1-8-4-14(11(15)6-12(8)18)19-13-5-10(16)3-2-9(13)7-17/h2-6,19H,18H2,1H3. The van der Waals surface area contributed by atoms with Crippen LogP contribution < -0.4 is 11.1 Å². The van der Waals surface area contributed by atoms with Crippen LogP contribution in [0.1, 0.15) is 11.1 Å². The summed E-state index contributed by atoms with van der Waals surface area (Å²) in [6, 6.07) is 11.0. The highest BCUT2D eigenvalue weighted by molar-refractivity contribution is 9.10. The molecule has 2 aromatic carbocycles. The molecular formula is C14H11BrClN3. The minimum Gasteiger partial charge on any atom is -0.398 e. The number of rotatable bonds is 2. The van der Waals surface area contributed by atoms with Gasteiger partial charge in [0.15, 0.2) is 0 Å². The number of nitrogens with one attached hydrogen (secondary N) is 1. The van der Waals surface area contributed by atoms with Gasteiger partial charge in [-0.25, -0.2) is 0 Å². The Morgan fingerprint density at radius 3 is 2.68 bits per heavy atom. The van der Waals surface area contributed by atoms with Crippen molar-refractivity contribution in [3.8, 4) is 6.07 Å². The monoisotopic (exact) mass is 335 g/mol. The van der Waals surface area contributed by atoms with Gasteiger partial charge in [-0.3, -0.25) is 0 Å². The number of hydrogen-bond acceptors (Lipinski definition) is 3. The van der Waals surface area contributed by atoms with Crippen LogP contribution in [-0.4, -0.2) is 0 Å². The third-order valence-corrected chi connectivity index (χ3v) is 3.62. The van der Waals surface area contributed by atoms with Crippen molar-refractivity contribution in [2.75, 3.05) is 11.1 Å². The summed E-state index contributed by atoms with van der Waals surface area (Å²) in [4.78, 5) is 0. The highest BCUT2D eigenvalue weighted by Gasteiger charge is 2.07. The molecule has 0 saturated carbocycles. The Morgan fingerprint density at radius 2 is 2.00 bits per heavy atom. The third kappa shape index (κ3) is 3.01. The van der Waals surface area contributed by atoms with Crippen LogP contribution in [-0.2, 0) is 0 Å². The zero-order valence-corrected chi connectivity index (χ0v) is 12.5. The van der Waals surface area contributed by atoms with Crippen molar-refractivity contribution in [1.29, 1.82) is 5.26 Å². The number of aryl methyl sites for hydroxylation is 1. The van der Waals surface area contributed by atoms with Crippen LogP contribution in [0.15, 0.2) is 34.8 Å². The molecule has 0 radical (unpaired) electrons. The van der Waals surface area contributed by atoms with Crippen molar-refractivity contribution in [3.05, 3.63) is 51.0 Å². The first-order chi connectivity index (χ1) is 9.01. The molecule has 0 unspecified atom stereocenters. The molecule has 0 aliphatic carbocycles. The van der Waals surface area contributed by atoms with Crippen LogP contribution in [0.25, 0.3) is 0 Å². The number of nitrogens with two attached hydrogens (primary N) is 1. The lowest BCUT2D eigenvalue weighted by atomic mass is 10.1. The van der Waals surface area contributed by atoms with E-state index in [0.717, 1.165) is 15.7 Å². The van der Waals surface area contributed by atoms with E-state index in [9.17, 15) is 0 Å². The minimum atomic E-state index is 0.533. The quantitative estimate of drug-likeness (QED) is 0.787. The SMILES string of the molecule is Cc1cc(Nc2cc(Cl)ccc2C#N)c(Br)cc1N. The number of benzene rings is 2. The molecule has 3 N–H and O–H groups in total. The minimum absolute atomic E-state index is 0.533. The molecule has 0 aromatic heterocycles. The second-order valence-corrected chi connectivity index (χ2v) is 5.41. The van der Waals surface area contributed by atoms with Gasteiger partial charge in [-0.1, -0.05) is 11.6 Å². The lowest BCUT2D eigenvalue weighted by Gasteiger charge is -2.12. The Hall–Kier alpha value is -1.70. The van der Waals surface area contributed by atoms with Crippen LogP contribution in [0.3, 0.4) is 0 Å². The average molecular weight is 337 g/mol. The molecular weight excluding hydrogens is 326 g/mol. The summed E-state index contributed by atoms with van der Waals surface area (Å²) < 4.78 is 0.833. The maximum absolute atomic E-state index is 9.09. The molecule has 2 rings (SSSR count). The van der Waals surface area contributed by atoms with Gasteiger partial charge in [-0.2, -0.15) is 5.26 Å². The van der Waals surface area contributed by atoms with Crippen LogP contribution in [0.5, 0.6) is 0 Å². The van der Waals surface area contributed by atoms with Gasteiger partial charge in [-0.15, -0.1) is 0 Å². The lowest BCUT2D eigenvalue weighted by Crippen LogP contribution is -1.97. The molecule has 0 bridgehead atoms. The van der Waals surface area contributed by atoms with Gasteiger partial charge >= 0.3 is 0 Å². The zero-order chi connectivity index (χ0) is 14.0. The molecule has 3 nitrogen and oxygen atoms in total. The van der Waals surface area contributed by atoms with Crippen molar-refractivity contribution in [2.45, 2.75) is 6.92 Å². The molecule has 2 aromatic rings. The van der Waals surface area contributed by atoms with Crippen molar-refractivity contribution in [1.82, 2.24) is 0 Å². The molecule has 0 aliphatic heterocycles. The molecule has 19 heavy (non-hydrogen) atoms. The van der Waals surface area contributed by atoms with Crippen LogP contribution in [0, 0.1) is 18.3 Å². The Bertz CT molecular complexity index is 677. The number of halogens is 2. The first kappa shape index (κ1) is 13.7. The van der Waals surface area contributed by atoms with Crippen molar-refractivity contribution >= 4 is 44.6 Å². The summed E-state index contributed by atoms with van der Waals surface area (Å²) in [6.07, 6.45) is 0. The van der Waals surface area contributed by atoms with Crippen molar-refractivity contribution in [2.24, 2.45) is 0 Å². The first-order valence-corrected chi connectivity index (χ1v) is 6.70. The van der Waals surface area contributed by atoms with Crippen molar-refractivity contribution in [3.63, 3.8) is 0 Å². The predicted molar refractivity (Wildman–Crippen MR) is 82.7 cm³/mol. The topological polar surface area (TPSA) is 61.8 Å². The molecule has 0 fully saturated rings. The average Bonchev–Trinajstić information content (AvgIpc) is 2.36. The van der Waals surface area contributed by atoms with Gasteiger partial charge in [-0.05, 0) is 58.7 Å². The van der Waals surface area contributed by atoms with E-state index in [1.54, 1.807) is 18.2 Å². The number of nitriles is 1. The molecule has 0 aliphatic rings. The number of nitrogens with zero attached hydrogens (tertiary/aromatic N) is 1. The highest BCUT2D eigenvalue weighted by Crippen LogP contribution is 2.32. The van der Waals surface area contributed by atoms with Gasteiger partial charge in [0.1, 0.15) is 6.07 Å². The van der Waals surface area contributed by atoms with Gasteiger partial charge in [0.2, 0.25) is 0 Å². The zero-order valence-electron chi connectivity index (χ0n) is 10.2. The van der Waals surface area contributed by atoms with E-state index in [-0.39, 0.29) is 0 Å². The molecule has 0 heterocycles. The van der Waals surface area contributed by atoms with E-state index < -0.39 is 0 Å². The van der Waals surface area contributed by atoms with Crippen LogP contribution in [0.2, 0.25) is 5.02 Å². The van der Waals surface area contributed by atoms with Crippen LogP contribution in [0.4, 0.5) is 17.1 Å². The van der Waals surface area contributed by atoms with E-state index in [1.807, 2.05) is 19.1 Å².